The first kappa shape index (κ1) is 16.8. The van der Waals surface area contributed by atoms with Gasteiger partial charge in [-0.1, -0.05) is 0 Å². The quantitative estimate of drug-likeness (QED) is 0.582. The lowest BCUT2D eigenvalue weighted by Crippen LogP contribution is -2.29. The van der Waals surface area contributed by atoms with Crippen LogP contribution in [0.15, 0.2) is 0 Å². The first-order valence-corrected chi connectivity index (χ1v) is 5.64. The Morgan fingerprint density at radius 1 is 1.39 bits per heavy atom. The van der Waals surface area contributed by atoms with E-state index in [2.05, 4.69) is 10.7 Å². The highest BCUT2D eigenvalue weighted by molar-refractivity contribution is 5.70. The van der Waals surface area contributed by atoms with Gasteiger partial charge in [-0.25, -0.2) is 4.79 Å². The summed E-state index contributed by atoms with van der Waals surface area (Å²) in [5, 5.41) is 8.66. The lowest BCUT2D eigenvalue weighted by molar-refractivity contribution is -0.152. The number of aliphatic carboxylic acids is 1. The van der Waals surface area contributed by atoms with Crippen LogP contribution in [0.1, 0.15) is 33.6 Å². The number of hydrogen-bond acceptors (Lipinski definition) is 6. The van der Waals surface area contributed by atoms with Crippen LogP contribution in [0.25, 0.3) is 0 Å². The summed E-state index contributed by atoms with van der Waals surface area (Å²) < 4.78 is 10.6. The topological polar surface area (TPSA) is 108 Å². The number of carbonyl (C=O) groups excluding carboxylic acids is 1. The number of carboxylic acid groups (broad SMARTS) is 1. The molecule has 18 heavy (non-hydrogen) atoms. The number of rotatable bonds is 9. The summed E-state index contributed by atoms with van der Waals surface area (Å²) >= 11 is 0. The molecule has 0 aromatic heterocycles. The zero-order chi connectivity index (χ0) is 14.2. The maximum Gasteiger partial charge on any atom is 0.350 e. The van der Waals surface area contributed by atoms with Crippen LogP contribution in [-0.2, 0) is 23.9 Å². The van der Waals surface area contributed by atoms with E-state index < -0.39 is 17.5 Å². The van der Waals surface area contributed by atoms with Gasteiger partial charge in [0.05, 0.1) is 18.1 Å². The minimum atomic E-state index is -0.907. The van der Waals surface area contributed by atoms with E-state index in [0.717, 1.165) is 0 Å². The molecule has 0 heterocycles. The minimum Gasteiger partial charge on any atom is -0.481 e. The van der Waals surface area contributed by atoms with Gasteiger partial charge in [0, 0.05) is 6.61 Å². The van der Waals surface area contributed by atoms with Crippen LogP contribution in [0.2, 0.25) is 0 Å². The number of hydrogen-bond donors (Lipinski definition) is 2. The molecule has 0 aliphatic rings. The molecule has 0 radical (unpaired) electrons. The van der Waals surface area contributed by atoms with Crippen LogP contribution in [0, 0.1) is 0 Å². The van der Waals surface area contributed by atoms with Gasteiger partial charge in [0.2, 0.25) is 0 Å². The van der Waals surface area contributed by atoms with Gasteiger partial charge < -0.3 is 19.4 Å². The van der Waals surface area contributed by atoms with E-state index >= 15 is 0 Å². The van der Waals surface area contributed by atoms with Crippen LogP contribution in [0.5, 0.6) is 0 Å². The second-order valence-electron chi connectivity index (χ2n) is 4.58. The Labute approximate surface area is 106 Å². The molecule has 0 aliphatic carbocycles. The van der Waals surface area contributed by atoms with E-state index in [9.17, 15) is 9.59 Å². The second kappa shape index (κ2) is 8.02. The molecule has 7 nitrogen and oxygen atoms in total. The summed E-state index contributed by atoms with van der Waals surface area (Å²) in [6, 6.07) is 0. The zero-order valence-electron chi connectivity index (χ0n) is 11.0. The fourth-order valence-corrected chi connectivity index (χ4v) is 1.24. The molecule has 3 N–H and O–H groups in total. The maximum atomic E-state index is 10.7. The number of ether oxygens (including phenoxy) is 2. The highest BCUT2D eigenvalue weighted by Gasteiger charge is 2.22. The summed E-state index contributed by atoms with van der Waals surface area (Å²) in [5.74, 6) is 3.10. The normalized spacial score (nSPS) is 13.1. The molecule has 0 fully saturated rings. The van der Waals surface area contributed by atoms with Gasteiger partial charge in [0.1, 0.15) is 6.61 Å². The molecule has 106 valence electrons. The molecule has 0 aliphatic heterocycles. The number of nitrogens with two attached hydrogens (primary N) is 1. The Hall–Kier alpha value is -1.18. The van der Waals surface area contributed by atoms with Crippen molar-refractivity contribution in [3.8, 4) is 0 Å². The Bertz CT molecular complexity index is 279. The van der Waals surface area contributed by atoms with E-state index in [0.29, 0.717) is 13.0 Å². The van der Waals surface area contributed by atoms with Crippen molar-refractivity contribution in [1.29, 1.82) is 0 Å². The molecule has 0 saturated heterocycles. The molecular formula is C11H21NO6. The summed E-state index contributed by atoms with van der Waals surface area (Å²) in [6.45, 7) is 5.32. The van der Waals surface area contributed by atoms with Gasteiger partial charge in [-0.05, 0) is 27.2 Å². The SMILES string of the molecule is CC(CCOC(C)(C)CC(=O)O)OCC(=O)ON. The molecule has 1 unspecified atom stereocenters. The number of carboxylic acids is 1. The molecule has 0 aromatic rings. The molecule has 0 bridgehead atoms. The fraction of sp³-hybridized carbons (Fsp3) is 0.818. The molecular weight excluding hydrogens is 242 g/mol. The first-order chi connectivity index (χ1) is 8.26. The van der Waals surface area contributed by atoms with Crippen LogP contribution in [0.4, 0.5) is 0 Å². The van der Waals surface area contributed by atoms with Crippen LogP contribution in [0.3, 0.4) is 0 Å². The Balaban J connectivity index is 3.76. The predicted molar refractivity (Wildman–Crippen MR) is 62.6 cm³/mol. The van der Waals surface area contributed by atoms with Gasteiger partial charge in [-0.2, -0.15) is 5.90 Å². The molecule has 0 rings (SSSR count). The van der Waals surface area contributed by atoms with Crippen molar-refractivity contribution < 1.29 is 29.0 Å². The van der Waals surface area contributed by atoms with E-state index in [1.54, 1.807) is 20.8 Å². The van der Waals surface area contributed by atoms with Crippen molar-refractivity contribution in [2.24, 2.45) is 5.90 Å². The molecule has 0 amide bonds. The second-order valence-corrected chi connectivity index (χ2v) is 4.58. The van der Waals surface area contributed by atoms with Crippen molar-refractivity contribution in [2.75, 3.05) is 13.2 Å². The van der Waals surface area contributed by atoms with Gasteiger partial charge >= 0.3 is 11.9 Å². The molecule has 0 saturated carbocycles. The highest BCUT2D eigenvalue weighted by Crippen LogP contribution is 2.15. The van der Waals surface area contributed by atoms with E-state index in [1.165, 1.54) is 0 Å². The third kappa shape index (κ3) is 8.91. The Morgan fingerprint density at radius 2 is 2.00 bits per heavy atom. The summed E-state index contributed by atoms with van der Waals surface area (Å²) in [4.78, 5) is 25.2. The zero-order valence-corrected chi connectivity index (χ0v) is 11.0. The summed E-state index contributed by atoms with van der Waals surface area (Å²) in [7, 11) is 0. The standard InChI is InChI=1S/C11H21NO6/c1-8(16-7-10(15)18-12)4-5-17-11(2,3)6-9(13)14/h8H,4-7,12H2,1-3H3,(H,13,14). The van der Waals surface area contributed by atoms with Gasteiger partial charge in [-0.3, -0.25) is 4.79 Å². The van der Waals surface area contributed by atoms with E-state index in [-0.39, 0.29) is 19.1 Å². The van der Waals surface area contributed by atoms with Crippen molar-refractivity contribution >= 4 is 11.9 Å². The van der Waals surface area contributed by atoms with Gasteiger partial charge in [0.15, 0.2) is 0 Å². The van der Waals surface area contributed by atoms with Gasteiger partial charge in [-0.15, -0.1) is 0 Å². The van der Waals surface area contributed by atoms with Crippen LogP contribution < -0.4 is 5.90 Å². The van der Waals surface area contributed by atoms with Crippen molar-refractivity contribution in [3.05, 3.63) is 0 Å². The average Bonchev–Trinajstić information content (AvgIpc) is 2.23. The number of carbonyl (C=O) groups is 2. The smallest absolute Gasteiger partial charge is 0.350 e. The molecule has 7 heteroatoms. The summed E-state index contributed by atoms with van der Waals surface area (Å²) in [6.07, 6.45) is 0.271. The Morgan fingerprint density at radius 3 is 2.50 bits per heavy atom. The average molecular weight is 263 g/mol. The minimum absolute atomic E-state index is 0.0677. The molecule has 1 atom stereocenters. The first-order valence-electron chi connectivity index (χ1n) is 5.64. The van der Waals surface area contributed by atoms with Crippen molar-refractivity contribution in [1.82, 2.24) is 0 Å². The Kier molecular flexibility index (Phi) is 7.49. The lowest BCUT2D eigenvalue weighted by atomic mass is 10.1. The summed E-state index contributed by atoms with van der Waals surface area (Å²) in [5.41, 5.74) is -0.720. The van der Waals surface area contributed by atoms with E-state index in [4.69, 9.17) is 14.6 Å². The largest absolute Gasteiger partial charge is 0.481 e. The van der Waals surface area contributed by atoms with Crippen LogP contribution >= 0.6 is 0 Å². The third-order valence-electron chi connectivity index (χ3n) is 2.21. The predicted octanol–water partition coefficient (Wildman–Crippen LogP) is 0.468. The fourth-order valence-electron chi connectivity index (χ4n) is 1.24. The maximum absolute atomic E-state index is 10.7. The van der Waals surface area contributed by atoms with E-state index in [1.807, 2.05) is 0 Å². The monoisotopic (exact) mass is 263 g/mol. The highest BCUT2D eigenvalue weighted by atomic mass is 16.7. The van der Waals surface area contributed by atoms with Crippen molar-refractivity contribution in [3.63, 3.8) is 0 Å². The van der Waals surface area contributed by atoms with Crippen LogP contribution in [-0.4, -0.2) is 42.0 Å². The van der Waals surface area contributed by atoms with Crippen molar-refractivity contribution in [2.45, 2.75) is 45.3 Å². The molecule has 0 aromatic carbocycles. The van der Waals surface area contributed by atoms with Gasteiger partial charge in [0.25, 0.3) is 0 Å². The lowest BCUT2D eigenvalue weighted by Gasteiger charge is -2.24. The molecule has 0 spiro atoms. The third-order valence-corrected chi connectivity index (χ3v) is 2.21.